The number of carboxylic acid groups (broad SMARTS) is 1. The molecule has 0 aromatic carbocycles. The summed E-state index contributed by atoms with van der Waals surface area (Å²) in [6, 6.07) is -4.57. The van der Waals surface area contributed by atoms with Gasteiger partial charge in [0.1, 0.15) is 18.1 Å². The molecule has 0 aliphatic heterocycles. The van der Waals surface area contributed by atoms with Crippen molar-refractivity contribution in [3.05, 3.63) is 0 Å². The van der Waals surface area contributed by atoms with Crippen LogP contribution >= 0.6 is 12.6 Å². The van der Waals surface area contributed by atoms with Gasteiger partial charge in [-0.15, -0.1) is 0 Å². The number of carbonyl (C=O) groups excluding carboxylic acids is 4. The van der Waals surface area contributed by atoms with E-state index in [1.165, 1.54) is 0 Å². The number of nitrogens with one attached hydrogen (secondary N) is 3. The molecule has 0 heterocycles. The van der Waals surface area contributed by atoms with Gasteiger partial charge in [-0.2, -0.15) is 12.6 Å². The highest BCUT2D eigenvalue weighted by atomic mass is 32.1. The maximum absolute atomic E-state index is 12.7. The van der Waals surface area contributed by atoms with Crippen LogP contribution in [0.4, 0.5) is 0 Å². The first-order valence-electron chi connectivity index (χ1n) is 9.58. The summed E-state index contributed by atoms with van der Waals surface area (Å²) in [5, 5.41) is 16.5. The molecule has 0 radical (unpaired) electrons. The molecule has 0 saturated heterocycles. The van der Waals surface area contributed by atoms with E-state index in [9.17, 15) is 29.1 Å². The predicted octanol–water partition coefficient (Wildman–Crippen LogP) is -1.64. The van der Waals surface area contributed by atoms with Gasteiger partial charge in [0, 0.05) is 5.75 Å². The maximum atomic E-state index is 12.7. The Morgan fingerprint density at radius 1 is 0.900 bits per heavy atom. The first-order valence-corrected chi connectivity index (χ1v) is 10.2. The van der Waals surface area contributed by atoms with E-state index in [1.54, 1.807) is 13.8 Å². The quantitative estimate of drug-likeness (QED) is 0.164. The van der Waals surface area contributed by atoms with Crippen molar-refractivity contribution in [3.63, 3.8) is 0 Å². The van der Waals surface area contributed by atoms with Crippen LogP contribution < -0.4 is 27.4 Å². The normalized spacial score (nSPS) is 15.1. The second-order valence-corrected chi connectivity index (χ2v) is 8.15. The van der Waals surface area contributed by atoms with Crippen LogP contribution in [0.5, 0.6) is 0 Å². The van der Waals surface area contributed by atoms with Gasteiger partial charge < -0.3 is 32.5 Å². The molecule has 12 heteroatoms. The van der Waals surface area contributed by atoms with Gasteiger partial charge in [-0.1, -0.05) is 27.7 Å². The third kappa shape index (κ3) is 9.92. The second kappa shape index (κ2) is 13.1. The van der Waals surface area contributed by atoms with Gasteiger partial charge in [0.25, 0.3) is 0 Å². The third-order valence-electron chi connectivity index (χ3n) is 4.14. The van der Waals surface area contributed by atoms with E-state index in [4.69, 9.17) is 11.5 Å². The van der Waals surface area contributed by atoms with Gasteiger partial charge in [-0.05, 0) is 18.3 Å². The first kappa shape index (κ1) is 27.7. The number of rotatable bonds is 13. The van der Waals surface area contributed by atoms with Gasteiger partial charge in [0.15, 0.2) is 0 Å². The number of hydrogen-bond acceptors (Lipinski definition) is 7. The van der Waals surface area contributed by atoms with Crippen LogP contribution in [0.15, 0.2) is 0 Å². The van der Waals surface area contributed by atoms with Crippen molar-refractivity contribution >= 4 is 42.2 Å². The predicted molar refractivity (Wildman–Crippen MR) is 113 cm³/mol. The Hall–Kier alpha value is -2.34. The van der Waals surface area contributed by atoms with E-state index >= 15 is 0 Å². The summed E-state index contributed by atoms with van der Waals surface area (Å²) in [6.07, 6.45) is -0.295. The van der Waals surface area contributed by atoms with Crippen LogP contribution in [0.25, 0.3) is 0 Å². The van der Waals surface area contributed by atoms with E-state index in [1.807, 2.05) is 13.8 Å². The number of aliphatic carboxylic acids is 1. The van der Waals surface area contributed by atoms with E-state index in [0.29, 0.717) is 0 Å². The first-order chi connectivity index (χ1) is 13.8. The SMILES string of the molecule is CC(C)CC(NC(=O)C(NC(=O)C(CC(N)=O)NC(=O)C(N)CS)C(C)C)C(=O)O. The topological polar surface area (TPSA) is 194 Å². The fourth-order valence-electron chi connectivity index (χ4n) is 2.52. The van der Waals surface area contributed by atoms with Crippen molar-refractivity contribution in [2.45, 2.75) is 64.7 Å². The molecule has 30 heavy (non-hydrogen) atoms. The minimum Gasteiger partial charge on any atom is -0.480 e. The standard InChI is InChI=1S/C18H33N5O6S/c1-8(2)5-12(18(28)29)22-17(27)14(9(3)4)23-16(26)11(6-13(20)24)21-15(25)10(19)7-30/h8-12,14,30H,5-7,19H2,1-4H3,(H2,20,24)(H,21,25)(H,22,27)(H,23,26)(H,28,29). The summed E-state index contributed by atoms with van der Waals surface area (Å²) in [7, 11) is 0. The van der Waals surface area contributed by atoms with E-state index in [2.05, 4.69) is 28.6 Å². The molecule has 0 aliphatic carbocycles. The van der Waals surface area contributed by atoms with Crippen LogP contribution in [-0.2, 0) is 24.0 Å². The number of carbonyl (C=O) groups is 5. The number of nitrogens with two attached hydrogens (primary N) is 2. The summed E-state index contributed by atoms with van der Waals surface area (Å²) in [5.74, 6) is -4.63. The number of thiol groups is 1. The summed E-state index contributed by atoms with van der Waals surface area (Å²) < 4.78 is 0. The summed E-state index contributed by atoms with van der Waals surface area (Å²) >= 11 is 3.90. The van der Waals surface area contributed by atoms with Crippen LogP contribution in [0.2, 0.25) is 0 Å². The molecule has 0 aromatic heterocycles. The molecule has 0 spiro atoms. The molecule has 172 valence electrons. The van der Waals surface area contributed by atoms with Gasteiger partial charge in [0.05, 0.1) is 12.5 Å². The van der Waals surface area contributed by atoms with Crippen molar-refractivity contribution in [2.24, 2.45) is 23.3 Å². The molecule has 4 atom stereocenters. The van der Waals surface area contributed by atoms with Crippen molar-refractivity contribution in [2.75, 3.05) is 5.75 Å². The zero-order valence-electron chi connectivity index (χ0n) is 17.7. The van der Waals surface area contributed by atoms with Crippen molar-refractivity contribution in [1.29, 1.82) is 0 Å². The molecule has 0 saturated carbocycles. The molecule has 4 amide bonds. The molecule has 11 nitrogen and oxygen atoms in total. The Bertz CT molecular complexity index is 643. The van der Waals surface area contributed by atoms with Gasteiger partial charge in [0.2, 0.25) is 23.6 Å². The maximum Gasteiger partial charge on any atom is 0.326 e. The molecule has 0 rings (SSSR count). The highest BCUT2D eigenvalue weighted by Crippen LogP contribution is 2.08. The lowest BCUT2D eigenvalue weighted by Crippen LogP contribution is -2.59. The smallest absolute Gasteiger partial charge is 0.326 e. The van der Waals surface area contributed by atoms with Crippen molar-refractivity contribution in [3.8, 4) is 0 Å². The van der Waals surface area contributed by atoms with E-state index in [0.717, 1.165) is 0 Å². The lowest BCUT2D eigenvalue weighted by molar-refractivity contribution is -0.143. The fraction of sp³-hybridized carbons (Fsp3) is 0.722. The fourth-order valence-corrected chi connectivity index (χ4v) is 2.68. The van der Waals surface area contributed by atoms with Crippen molar-refractivity contribution < 1.29 is 29.1 Å². The molecule has 0 aromatic rings. The monoisotopic (exact) mass is 447 g/mol. The van der Waals surface area contributed by atoms with Gasteiger partial charge in [-0.3, -0.25) is 19.2 Å². The molecular weight excluding hydrogens is 414 g/mol. The minimum atomic E-state index is -1.35. The Morgan fingerprint density at radius 2 is 1.43 bits per heavy atom. The van der Waals surface area contributed by atoms with E-state index < -0.39 is 66.1 Å². The molecule has 4 unspecified atom stereocenters. The Kier molecular flexibility index (Phi) is 12.0. The molecule has 0 aliphatic rings. The average Bonchev–Trinajstić information content (AvgIpc) is 2.62. The third-order valence-corrected chi connectivity index (χ3v) is 4.53. The molecule has 0 bridgehead atoms. The number of carboxylic acids is 1. The van der Waals surface area contributed by atoms with Crippen molar-refractivity contribution in [1.82, 2.24) is 16.0 Å². The zero-order chi connectivity index (χ0) is 23.6. The van der Waals surface area contributed by atoms with E-state index in [-0.39, 0.29) is 18.1 Å². The van der Waals surface area contributed by atoms with Crippen LogP contribution in [0, 0.1) is 11.8 Å². The zero-order valence-corrected chi connectivity index (χ0v) is 18.6. The second-order valence-electron chi connectivity index (χ2n) is 7.78. The van der Waals surface area contributed by atoms with Gasteiger partial charge in [-0.25, -0.2) is 4.79 Å². The minimum absolute atomic E-state index is 0.0141. The summed E-state index contributed by atoms with van der Waals surface area (Å²) in [6.45, 7) is 6.94. The largest absolute Gasteiger partial charge is 0.480 e. The number of hydrogen-bond donors (Lipinski definition) is 7. The Morgan fingerprint density at radius 3 is 1.83 bits per heavy atom. The molecular formula is C18H33N5O6S. The highest BCUT2D eigenvalue weighted by Gasteiger charge is 2.32. The van der Waals surface area contributed by atoms with Crippen LogP contribution in [-0.4, -0.2) is 64.6 Å². The van der Waals surface area contributed by atoms with Crippen LogP contribution in [0.1, 0.15) is 40.5 Å². The van der Waals surface area contributed by atoms with Crippen LogP contribution in [0.3, 0.4) is 0 Å². The Labute approximate surface area is 181 Å². The lowest BCUT2D eigenvalue weighted by Gasteiger charge is -2.27. The summed E-state index contributed by atoms with van der Waals surface area (Å²) in [4.78, 5) is 60.0. The Balaban J connectivity index is 5.40. The summed E-state index contributed by atoms with van der Waals surface area (Å²) in [5.41, 5.74) is 10.7. The lowest BCUT2D eigenvalue weighted by atomic mass is 10.00. The highest BCUT2D eigenvalue weighted by molar-refractivity contribution is 7.80. The van der Waals surface area contributed by atoms with Gasteiger partial charge >= 0.3 is 5.97 Å². The average molecular weight is 448 g/mol. The number of primary amides is 1. The molecule has 0 fully saturated rings. The number of amides is 4. The molecule has 8 N–H and O–H groups in total.